The van der Waals surface area contributed by atoms with E-state index in [-0.39, 0.29) is 12.4 Å². The number of benzene rings is 1. The summed E-state index contributed by atoms with van der Waals surface area (Å²) in [7, 11) is 0. The summed E-state index contributed by atoms with van der Waals surface area (Å²) in [5, 5.41) is 28.1. The second-order valence-corrected chi connectivity index (χ2v) is 6.68. The molecule has 12 heteroatoms. The highest BCUT2D eigenvalue weighted by Crippen LogP contribution is 2.37. The first kappa shape index (κ1) is 19.9. The van der Waals surface area contributed by atoms with Crippen LogP contribution in [0.4, 0.5) is 4.39 Å². The zero-order chi connectivity index (χ0) is 21.3. The lowest BCUT2D eigenvalue weighted by atomic mass is 10.1. The predicted molar refractivity (Wildman–Crippen MR) is 98.1 cm³/mol. The second-order valence-electron chi connectivity index (χ2n) is 6.68. The molecule has 1 aromatic carbocycles. The Morgan fingerprint density at radius 3 is 2.70 bits per heavy atom. The van der Waals surface area contributed by atoms with Gasteiger partial charge in [-0.2, -0.15) is 0 Å². The van der Waals surface area contributed by atoms with Crippen molar-refractivity contribution in [3.05, 3.63) is 75.1 Å². The normalized spacial score (nSPS) is 23.6. The van der Waals surface area contributed by atoms with Crippen LogP contribution in [0.25, 0.3) is 0 Å². The molecule has 0 bridgehead atoms. The molecular weight excluding hydrogens is 401 g/mol. The van der Waals surface area contributed by atoms with E-state index in [1.807, 2.05) is 0 Å². The highest BCUT2D eigenvalue weighted by atomic mass is 19.1. The van der Waals surface area contributed by atoms with Gasteiger partial charge in [0.15, 0.2) is 6.23 Å². The molecule has 1 aliphatic heterocycles. The molecule has 3 heterocycles. The molecular formula is C18H18FN5O6. The maximum Gasteiger partial charge on any atom is 0.330 e. The smallest absolute Gasteiger partial charge is 0.330 e. The van der Waals surface area contributed by atoms with Gasteiger partial charge in [-0.1, -0.05) is 5.21 Å². The summed E-state index contributed by atoms with van der Waals surface area (Å²) in [6.45, 7) is -0.455. The van der Waals surface area contributed by atoms with Crippen LogP contribution >= 0.6 is 0 Å². The number of nitrogens with one attached hydrogen (secondary N) is 1. The molecule has 2 aromatic heterocycles. The molecule has 3 aromatic rings. The van der Waals surface area contributed by atoms with E-state index in [0.717, 1.165) is 10.6 Å². The van der Waals surface area contributed by atoms with Crippen LogP contribution in [0.2, 0.25) is 0 Å². The summed E-state index contributed by atoms with van der Waals surface area (Å²) in [5.74, 6) is 0.0543. The minimum atomic E-state index is -1.20. The first-order valence-corrected chi connectivity index (χ1v) is 9.01. The Kier molecular flexibility index (Phi) is 5.44. The Hall–Kier alpha value is -3.35. The maximum atomic E-state index is 13.0. The molecule has 11 nitrogen and oxygen atoms in total. The Balaban J connectivity index is 1.57. The van der Waals surface area contributed by atoms with Crippen LogP contribution in [0.1, 0.15) is 18.0 Å². The molecule has 1 aliphatic rings. The summed E-state index contributed by atoms with van der Waals surface area (Å²) in [6, 6.07) is 5.71. The number of aromatic amines is 1. The number of ether oxygens (including phenoxy) is 2. The van der Waals surface area contributed by atoms with Crippen LogP contribution in [-0.4, -0.2) is 53.6 Å². The van der Waals surface area contributed by atoms with Gasteiger partial charge in [-0.3, -0.25) is 14.3 Å². The van der Waals surface area contributed by atoms with Gasteiger partial charge in [0.05, 0.1) is 12.8 Å². The van der Waals surface area contributed by atoms with Crippen molar-refractivity contribution in [1.82, 2.24) is 24.5 Å². The Labute approximate surface area is 167 Å². The van der Waals surface area contributed by atoms with Gasteiger partial charge in [0.2, 0.25) is 0 Å². The average molecular weight is 419 g/mol. The Morgan fingerprint density at radius 2 is 2.00 bits per heavy atom. The zero-order valence-electron chi connectivity index (χ0n) is 15.5. The van der Waals surface area contributed by atoms with E-state index in [9.17, 15) is 24.2 Å². The predicted octanol–water partition coefficient (Wildman–Crippen LogP) is -0.662. The number of H-pyrrole nitrogens is 1. The molecule has 0 saturated carbocycles. The minimum absolute atomic E-state index is 0.0298. The van der Waals surface area contributed by atoms with Gasteiger partial charge in [0.1, 0.15) is 42.1 Å². The molecule has 4 rings (SSSR count). The fourth-order valence-corrected chi connectivity index (χ4v) is 3.24. The molecule has 1 fully saturated rings. The molecule has 0 amide bonds. The van der Waals surface area contributed by atoms with E-state index in [2.05, 4.69) is 15.3 Å². The molecule has 4 atom stereocenters. The quantitative estimate of drug-likeness (QED) is 0.478. The third kappa shape index (κ3) is 3.87. The lowest BCUT2D eigenvalue weighted by Gasteiger charge is -2.21. The third-order valence-electron chi connectivity index (χ3n) is 4.71. The highest BCUT2D eigenvalue weighted by molar-refractivity contribution is 5.22. The molecule has 1 saturated heterocycles. The van der Waals surface area contributed by atoms with E-state index < -0.39 is 42.3 Å². The molecule has 158 valence electrons. The van der Waals surface area contributed by atoms with Crippen LogP contribution in [0, 0.1) is 5.82 Å². The van der Waals surface area contributed by atoms with Gasteiger partial charge in [0.25, 0.3) is 5.56 Å². The first-order valence-electron chi connectivity index (χ1n) is 9.01. The van der Waals surface area contributed by atoms with Crippen molar-refractivity contribution in [2.75, 3.05) is 6.61 Å². The Bertz CT molecular complexity index is 1130. The van der Waals surface area contributed by atoms with Crippen LogP contribution in [0.3, 0.4) is 0 Å². The van der Waals surface area contributed by atoms with Crippen molar-refractivity contribution >= 4 is 0 Å². The highest BCUT2D eigenvalue weighted by Gasteiger charge is 2.46. The molecule has 0 spiro atoms. The van der Waals surface area contributed by atoms with E-state index in [4.69, 9.17) is 9.47 Å². The molecule has 3 N–H and O–H groups in total. The molecule has 0 aliphatic carbocycles. The van der Waals surface area contributed by atoms with Crippen LogP contribution in [-0.2, 0) is 11.3 Å². The molecule has 0 unspecified atom stereocenters. The Morgan fingerprint density at radius 1 is 1.23 bits per heavy atom. The van der Waals surface area contributed by atoms with Crippen molar-refractivity contribution in [1.29, 1.82) is 0 Å². The van der Waals surface area contributed by atoms with E-state index in [1.54, 1.807) is 0 Å². The summed E-state index contributed by atoms with van der Waals surface area (Å²) in [6.07, 6.45) is -0.479. The lowest BCUT2D eigenvalue weighted by Crippen LogP contribution is -2.36. The van der Waals surface area contributed by atoms with Gasteiger partial charge in [-0.15, -0.1) is 5.10 Å². The lowest BCUT2D eigenvalue weighted by molar-refractivity contribution is -0.0479. The standard InChI is InChI=1S/C18H18FN5O6/c19-10-1-3-12(4-2-10)29-9-11-7-24(22-21-11)15-16(27)13(8-25)30-17(15)23-6-5-14(26)20-18(23)28/h1-7,13,15-17,25,27H,8-9H2,(H,20,26,28)/t13-,15-,16-,17-/m1/s1. The van der Waals surface area contributed by atoms with Crippen molar-refractivity contribution in [3.8, 4) is 5.75 Å². The summed E-state index contributed by atoms with van der Waals surface area (Å²) in [4.78, 5) is 25.6. The third-order valence-corrected chi connectivity index (χ3v) is 4.71. The van der Waals surface area contributed by atoms with Crippen LogP contribution in [0.5, 0.6) is 5.75 Å². The average Bonchev–Trinajstić information content (AvgIpc) is 3.31. The van der Waals surface area contributed by atoms with Crippen LogP contribution < -0.4 is 16.0 Å². The van der Waals surface area contributed by atoms with Crippen molar-refractivity contribution in [2.24, 2.45) is 0 Å². The van der Waals surface area contributed by atoms with Gasteiger partial charge in [-0.05, 0) is 24.3 Å². The van der Waals surface area contributed by atoms with E-state index in [0.29, 0.717) is 11.4 Å². The van der Waals surface area contributed by atoms with Gasteiger partial charge in [-0.25, -0.2) is 13.9 Å². The largest absolute Gasteiger partial charge is 0.487 e. The topological polar surface area (TPSA) is 144 Å². The summed E-state index contributed by atoms with van der Waals surface area (Å²) >= 11 is 0. The van der Waals surface area contributed by atoms with Gasteiger partial charge in [0, 0.05) is 12.3 Å². The number of aromatic nitrogens is 5. The number of aliphatic hydroxyl groups excluding tert-OH is 2. The number of halogens is 1. The fraction of sp³-hybridized carbons (Fsp3) is 0.333. The van der Waals surface area contributed by atoms with E-state index in [1.165, 1.54) is 41.3 Å². The van der Waals surface area contributed by atoms with Gasteiger partial charge < -0.3 is 19.7 Å². The first-order chi connectivity index (χ1) is 14.5. The fourth-order valence-electron chi connectivity index (χ4n) is 3.24. The number of aliphatic hydroxyl groups is 2. The van der Waals surface area contributed by atoms with E-state index >= 15 is 0 Å². The van der Waals surface area contributed by atoms with Gasteiger partial charge >= 0.3 is 5.69 Å². The van der Waals surface area contributed by atoms with Crippen molar-refractivity contribution in [2.45, 2.75) is 31.1 Å². The second kappa shape index (κ2) is 8.18. The number of hydrogen-bond acceptors (Lipinski definition) is 8. The maximum absolute atomic E-state index is 13.0. The monoisotopic (exact) mass is 419 g/mol. The summed E-state index contributed by atoms with van der Waals surface area (Å²) in [5.41, 5.74) is -0.902. The summed E-state index contributed by atoms with van der Waals surface area (Å²) < 4.78 is 26.5. The molecule has 0 radical (unpaired) electrons. The number of nitrogens with zero attached hydrogens (tertiary/aromatic N) is 4. The molecule has 30 heavy (non-hydrogen) atoms. The number of rotatable bonds is 6. The van der Waals surface area contributed by atoms with Crippen molar-refractivity contribution in [3.63, 3.8) is 0 Å². The minimum Gasteiger partial charge on any atom is -0.487 e. The number of hydrogen-bond donors (Lipinski definition) is 3. The van der Waals surface area contributed by atoms with Crippen LogP contribution in [0.15, 0.2) is 52.3 Å². The zero-order valence-corrected chi connectivity index (χ0v) is 15.5. The van der Waals surface area contributed by atoms with Crippen molar-refractivity contribution < 1.29 is 24.1 Å². The SMILES string of the molecule is O=c1ccn([C@@H]2O[C@H](CO)[C@@H](O)[C@H]2n2cc(COc3ccc(F)cc3)nn2)c(=O)[nH]1.